The molecule has 14 heteroatoms. The molecule has 10 nitrogen and oxygen atoms in total. The number of nitrogens with zero attached hydrogens (tertiary/aromatic N) is 5. The van der Waals surface area contributed by atoms with Crippen molar-refractivity contribution in [2.75, 3.05) is 18.1 Å². The van der Waals surface area contributed by atoms with Crippen molar-refractivity contribution in [2.24, 2.45) is 5.10 Å². The first-order valence-electron chi connectivity index (χ1n) is 12.9. The second-order valence-electron chi connectivity index (χ2n) is 9.04. The number of hydrogen-bond donors (Lipinski definition) is 0. The van der Waals surface area contributed by atoms with Crippen molar-refractivity contribution in [2.45, 2.75) is 44.4 Å². The number of fused-ring (bicyclic) bond motifs is 1. The summed E-state index contributed by atoms with van der Waals surface area (Å²) >= 11 is 5.63. The Kier molecular flexibility index (Phi) is 10.4. The first kappa shape index (κ1) is 30.9. The Morgan fingerprint density at radius 3 is 2.34 bits per heavy atom. The summed E-state index contributed by atoms with van der Waals surface area (Å²) in [6, 6.07) is 14.3. The maximum atomic E-state index is 13.7. The highest BCUT2D eigenvalue weighted by Gasteiger charge is 2.26. The molecule has 0 atom stereocenters. The molecule has 4 aromatic rings. The number of amides is 1. The number of hydrazone groups is 1. The first-order valence-corrected chi connectivity index (χ1v) is 16.8. The second-order valence-corrected chi connectivity index (χ2v) is 14.0. The lowest BCUT2D eigenvalue weighted by atomic mass is 10.2. The highest BCUT2D eigenvalue weighted by atomic mass is 79.9. The normalized spacial score (nSPS) is 12.0. The highest BCUT2D eigenvalue weighted by molar-refractivity contribution is 9.10. The van der Waals surface area contributed by atoms with E-state index < -0.39 is 20.9 Å². The number of hydrogen-bond acceptors (Lipinski definition) is 9. The predicted octanol–water partition coefficient (Wildman–Crippen LogP) is 7.30. The van der Waals surface area contributed by atoms with Gasteiger partial charge in [-0.3, -0.25) is 14.9 Å². The summed E-state index contributed by atoms with van der Waals surface area (Å²) in [5.41, 5.74) is 0.890. The smallest absolute Gasteiger partial charge is 0.267 e. The predicted molar refractivity (Wildman–Crippen MR) is 168 cm³/mol. The summed E-state index contributed by atoms with van der Waals surface area (Å²) in [4.78, 5) is 29.5. The fraction of sp³-hybridized carbons (Fsp3) is 0.296. The summed E-state index contributed by atoms with van der Waals surface area (Å²) < 4.78 is 29.9. The topological polar surface area (TPSA) is 126 Å². The quantitative estimate of drug-likeness (QED) is 0.0830. The minimum Gasteiger partial charge on any atom is -0.267 e. The van der Waals surface area contributed by atoms with Gasteiger partial charge in [0.05, 0.1) is 31.1 Å². The fourth-order valence-electron chi connectivity index (χ4n) is 3.85. The minimum absolute atomic E-state index is 0.0436. The first-order chi connectivity index (χ1) is 19.6. The number of aromatic nitrogens is 1. The van der Waals surface area contributed by atoms with Gasteiger partial charge in [-0.05, 0) is 61.4 Å². The molecule has 2 aromatic carbocycles. The van der Waals surface area contributed by atoms with Gasteiger partial charge in [-0.2, -0.15) is 14.4 Å². The van der Waals surface area contributed by atoms with E-state index in [0.717, 1.165) is 51.2 Å². The molecule has 2 heterocycles. The Morgan fingerprint density at radius 1 is 1.05 bits per heavy atom. The van der Waals surface area contributed by atoms with E-state index in [0.29, 0.717) is 28.6 Å². The number of thiazole rings is 1. The van der Waals surface area contributed by atoms with Crippen LogP contribution in [0.25, 0.3) is 10.2 Å². The van der Waals surface area contributed by atoms with Crippen LogP contribution < -0.4 is 5.01 Å². The number of carbonyl (C=O) groups excluding carboxylic acids is 1. The molecule has 0 fully saturated rings. The van der Waals surface area contributed by atoms with Crippen LogP contribution in [0, 0.1) is 10.1 Å². The van der Waals surface area contributed by atoms with E-state index in [2.05, 4.69) is 26.0 Å². The van der Waals surface area contributed by atoms with Crippen LogP contribution in [-0.4, -0.2) is 47.8 Å². The average molecular weight is 679 g/mol. The van der Waals surface area contributed by atoms with Crippen LogP contribution in [0.2, 0.25) is 0 Å². The molecule has 0 bridgehead atoms. The molecule has 0 unspecified atom stereocenters. The molecule has 0 saturated heterocycles. The van der Waals surface area contributed by atoms with E-state index in [-0.39, 0.29) is 15.5 Å². The second kappa shape index (κ2) is 13.7. The van der Waals surface area contributed by atoms with Gasteiger partial charge < -0.3 is 0 Å². The van der Waals surface area contributed by atoms with Gasteiger partial charge in [-0.25, -0.2) is 13.4 Å². The van der Waals surface area contributed by atoms with Crippen molar-refractivity contribution in [3.63, 3.8) is 0 Å². The number of carbonyl (C=O) groups is 1. The van der Waals surface area contributed by atoms with E-state index in [9.17, 15) is 23.3 Å². The zero-order valence-electron chi connectivity index (χ0n) is 22.4. The third-order valence-electron chi connectivity index (χ3n) is 6.07. The van der Waals surface area contributed by atoms with Crippen LogP contribution in [0.4, 0.5) is 10.1 Å². The summed E-state index contributed by atoms with van der Waals surface area (Å²) in [7, 11) is -3.72. The van der Waals surface area contributed by atoms with E-state index in [1.54, 1.807) is 6.07 Å². The van der Waals surface area contributed by atoms with Gasteiger partial charge in [-0.1, -0.05) is 65.3 Å². The van der Waals surface area contributed by atoms with Crippen molar-refractivity contribution in [3.8, 4) is 0 Å². The maximum Gasteiger partial charge on any atom is 0.324 e. The standard InChI is InChI=1S/C27H28BrN5O5S3/c1-3-5-15-31(16-6-4-2)41(37,38)22-11-7-19(8-12-22)26(34)32(29-18-21-10-14-25(39-21)33(35)36)27-30-23-13-9-20(28)17-24(23)40-27/h7-14,17-18H,3-6,15-16H2,1-2H3/b29-18+. The molecule has 216 valence electrons. The molecular weight excluding hydrogens is 650 g/mol. The molecule has 4 rings (SSSR count). The van der Waals surface area contributed by atoms with Gasteiger partial charge in [0, 0.05) is 29.2 Å². The number of unbranched alkanes of at least 4 members (excludes halogenated alkanes) is 2. The molecule has 1 amide bonds. The molecule has 0 aliphatic rings. The van der Waals surface area contributed by atoms with Crippen LogP contribution >= 0.6 is 38.6 Å². The zero-order chi connectivity index (χ0) is 29.6. The van der Waals surface area contributed by atoms with Crippen LogP contribution in [0.3, 0.4) is 0 Å². The van der Waals surface area contributed by atoms with E-state index >= 15 is 0 Å². The van der Waals surface area contributed by atoms with E-state index in [1.807, 2.05) is 32.0 Å². The number of sulfonamides is 1. The highest BCUT2D eigenvalue weighted by Crippen LogP contribution is 2.32. The van der Waals surface area contributed by atoms with Gasteiger partial charge in [0.25, 0.3) is 5.91 Å². The largest absolute Gasteiger partial charge is 0.324 e. The molecule has 2 aromatic heterocycles. The number of anilines is 1. The monoisotopic (exact) mass is 677 g/mol. The molecule has 0 N–H and O–H groups in total. The molecule has 0 saturated carbocycles. The summed E-state index contributed by atoms with van der Waals surface area (Å²) in [5, 5.41) is 16.8. The van der Waals surface area contributed by atoms with E-state index in [4.69, 9.17) is 0 Å². The van der Waals surface area contributed by atoms with E-state index in [1.165, 1.54) is 52.2 Å². The van der Waals surface area contributed by atoms with Gasteiger partial charge in [0.15, 0.2) is 0 Å². The third kappa shape index (κ3) is 7.43. The number of nitro groups is 1. The van der Waals surface area contributed by atoms with Gasteiger partial charge >= 0.3 is 5.00 Å². The van der Waals surface area contributed by atoms with Crippen molar-refractivity contribution >= 4 is 81.1 Å². The molecule has 41 heavy (non-hydrogen) atoms. The lowest BCUT2D eigenvalue weighted by molar-refractivity contribution is -0.380. The number of benzene rings is 2. The van der Waals surface area contributed by atoms with Crippen molar-refractivity contribution in [1.82, 2.24) is 9.29 Å². The summed E-state index contributed by atoms with van der Waals surface area (Å²) in [5.74, 6) is -0.525. The molecule has 0 radical (unpaired) electrons. The lowest BCUT2D eigenvalue weighted by Gasteiger charge is -2.22. The van der Waals surface area contributed by atoms with Crippen LogP contribution in [0.1, 0.15) is 54.8 Å². The van der Waals surface area contributed by atoms with Gasteiger partial charge in [-0.15, -0.1) is 0 Å². The average Bonchev–Trinajstić information content (AvgIpc) is 3.60. The Morgan fingerprint density at radius 2 is 1.73 bits per heavy atom. The van der Waals surface area contributed by atoms with Crippen LogP contribution in [0.5, 0.6) is 0 Å². The SMILES string of the molecule is CCCCN(CCCC)S(=O)(=O)c1ccc(C(=O)N(/N=C/c2ccc([N+](=O)[O-])s2)c2nc3ccc(Br)cc3s2)cc1. The Balaban J connectivity index is 1.66. The van der Waals surface area contributed by atoms with Gasteiger partial charge in [0.2, 0.25) is 15.2 Å². The summed E-state index contributed by atoms with van der Waals surface area (Å²) in [6.45, 7) is 4.92. The van der Waals surface area contributed by atoms with Gasteiger partial charge in [0.1, 0.15) is 0 Å². The lowest BCUT2D eigenvalue weighted by Crippen LogP contribution is -2.33. The van der Waals surface area contributed by atoms with Crippen molar-refractivity contribution < 1.29 is 18.1 Å². The number of thiophene rings is 1. The molecular formula is C27H28BrN5O5S3. The Bertz CT molecular complexity index is 1660. The number of rotatable bonds is 13. The fourth-order valence-corrected chi connectivity index (χ4v) is 7.53. The summed E-state index contributed by atoms with van der Waals surface area (Å²) in [6.07, 6.45) is 4.65. The molecule has 0 aliphatic carbocycles. The molecule has 0 aliphatic heterocycles. The Labute approximate surface area is 254 Å². The maximum absolute atomic E-state index is 13.7. The van der Waals surface area contributed by atoms with Crippen molar-refractivity contribution in [1.29, 1.82) is 0 Å². The third-order valence-corrected chi connectivity index (χ3v) is 10.4. The zero-order valence-corrected chi connectivity index (χ0v) is 26.4. The number of halogens is 1. The van der Waals surface area contributed by atoms with Crippen LogP contribution in [-0.2, 0) is 10.0 Å². The Hall–Kier alpha value is -3.04. The minimum atomic E-state index is -3.72. The van der Waals surface area contributed by atoms with Crippen LogP contribution in [0.15, 0.2) is 69.1 Å². The molecule has 0 spiro atoms. The van der Waals surface area contributed by atoms with Crippen molar-refractivity contribution in [3.05, 3.63) is 79.6 Å².